The van der Waals surface area contributed by atoms with E-state index in [0.717, 1.165) is 50.9 Å². The molecule has 0 unspecified atom stereocenters. The van der Waals surface area contributed by atoms with Gasteiger partial charge in [0.2, 0.25) is 0 Å². The number of unbranched alkanes of at least 4 members (excludes halogenated alkanes) is 3. The zero-order valence-electron chi connectivity index (χ0n) is 11.9. The molecular formula is C16H29NO. The number of allylic oxidation sites excluding steroid dienone is 1. The van der Waals surface area contributed by atoms with Crippen LogP contribution in [-0.4, -0.2) is 12.3 Å². The third-order valence-electron chi connectivity index (χ3n) is 4.53. The van der Waals surface area contributed by atoms with Crippen molar-refractivity contribution in [2.75, 3.05) is 6.54 Å². The Morgan fingerprint density at radius 1 is 1.33 bits per heavy atom. The van der Waals surface area contributed by atoms with Crippen LogP contribution in [0.1, 0.15) is 64.7 Å². The first-order valence-electron chi connectivity index (χ1n) is 7.49. The lowest BCUT2D eigenvalue weighted by Gasteiger charge is -2.37. The van der Waals surface area contributed by atoms with Gasteiger partial charge in [-0.15, -0.1) is 6.58 Å². The van der Waals surface area contributed by atoms with Crippen molar-refractivity contribution >= 4 is 5.78 Å². The van der Waals surface area contributed by atoms with Crippen LogP contribution in [0.15, 0.2) is 12.7 Å². The Balaban J connectivity index is 2.35. The molecule has 1 aliphatic carbocycles. The smallest absolute Gasteiger partial charge is 0.140 e. The molecule has 0 amide bonds. The topological polar surface area (TPSA) is 43.1 Å². The number of Topliss-reactive ketones (excluding diaryl/α,β-unsaturated/α-hetero) is 1. The molecule has 0 saturated heterocycles. The lowest BCUT2D eigenvalue weighted by Crippen LogP contribution is -2.41. The Bertz CT molecular complexity index is 264. The number of carbonyl (C=O) groups is 1. The fourth-order valence-corrected chi connectivity index (χ4v) is 2.93. The Morgan fingerprint density at radius 2 is 2.00 bits per heavy atom. The third kappa shape index (κ3) is 4.24. The van der Waals surface area contributed by atoms with Crippen molar-refractivity contribution in [1.29, 1.82) is 0 Å². The van der Waals surface area contributed by atoms with E-state index >= 15 is 0 Å². The minimum absolute atomic E-state index is 0.176. The molecule has 0 aromatic rings. The summed E-state index contributed by atoms with van der Waals surface area (Å²) in [5.74, 6) is 1.19. The molecule has 0 bridgehead atoms. The SMILES string of the molecule is C=CCCCCCC(=O)C1(CN)CCC(C)CC1. The predicted molar refractivity (Wildman–Crippen MR) is 77.4 cm³/mol. The number of hydrogen-bond donors (Lipinski definition) is 1. The Kier molecular flexibility index (Phi) is 6.62. The van der Waals surface area contributed by atoms with Gasteiger partial charge in [-0.2, -0.15) is 0 Å². The molecule has 1 aliphatic rings. The molecule has 18 heavy (non-hydrogen) atoms. The highest BCUT2D eigenvalue weighted by Crippen LogP contribution is 2.39. The maximum Gasteiger partial charge on any atom is 0.140 e. The third-order valence-corrected chi connectivity index (χ3v) is 4.53. The summed E-state index contributed by atoms with van der Waals surface area (Å²) in [6.07, 6.45) is 11.4. The molecule has 104 valence electrons. The fraction of sp³-hybridized carbons (Fsp3) is 0.812. The van der Waals surface area contributed by atoms with Gasteiger partial charge in [0.05, 0.1) is 0 Å². The molecule has 0 aromatic carbocycles. The lowest BCUT2D eigenvalue weighted by molar-refractivity contribution is -0.130. The van der Waals surface area contributed by atoms with Crippen LogP contribution >= 0.6 is 0 Å². The highest BCUT2D eigenvalue weighted by Gasteiger charge is 2.38. The predicted octanol–water partition coefficient (Wildman–Crippen LogP) is 3.85. The maximum atomic E-state index is 12.4. The van der Waals surface area contributed by atoms with Gasteiger partial charge < -0.3 is 5.73 Å². The molecule has 2 nitrogen and oxygen atoms in total. The highest BCUT2D eigenvalue weighted by molar-refractivity contribution is 5.85. The first kappa shape index (κ1) is 15.4. The molecule has 0 aliphatic heterocycles. The Labute approximate surface area is 112 Å². The van der Waals surface area contributed by atoms with Crippen LogP contribution in [-0.2, 0) is 4.79 Å². The highest BCUT2D eigenvalue weighted by atomic mass is 16.1. The van der Waals surface area contributed by atoms with Crippen LogP contribution in [0.25, 0.3) is 0 Å². The van der Waals surface area contributed by atoms with Gasteiger partial charge in [0, 0.05) is 18.4 Å². The monoisotopic (exact) mass is 251 g/mol. The average Bonchev–Trinajstić information content (AvgIpc) is 2.39. The van der Waals surface area contributed by atoms with E-state index in [2.05, 4.69) is 13.5 Å². The van der Waals surface area contributed by atoms with Crippen molar-refractivity contribution in [2.24, 2.45) is 17.1 Å². The van der Waals surface area contributed by atoms with Crippen LogP contribution in [0, 0.1) is 11.3 Å². The maximum absolute atomic E-state index is 12.4. The number of nitrogens with two attached hydrogens (primary N) is 1. The average molecular weight is 251 g/mol. The summed E-state index contributed by atoms with van der Waals surface area (Å²) in [4.78, 5) is 12.4. The second kappa shape index (κ2) is 7.73. The van der Waals surface area contributed by atoms with Crippen molar-refractivity contribution in [2.45, 2.75) is 64.7 Å². The molecular weight excluding hydrogens is 222 g/mol. The minimum Gasteiger partial charge on any atom is -0.329 e. The van der Waals surface area contributed by atoms with Gasteiger partial charge >= 0.3 is 0 Å². The van der Waals surface area contributed by atoms with E-state index in [1.807, 2.05) is 6.08 Å². The van der Waals surface area contributed by atoms with E-state index < -0.39 is 0 Å². The van der Waals surface area contributed by atoms with Gasteiger partial charge in [-0.3, -0.25) is 4.79 Å². The van der Waals surface area contributed by atoms with Gasteiger partial charge in [0.15, 0.2) is 0 Å². The van der Waals surface area contributed by atoms with Gasteiger partial charge in [0.1, 0.15) is 5.78 Å². The van der Waals surface area contributed by atoms with E-state index in [1.165, 1.54) is 12.8 Å². The molecule has 0 radical (unpaired) electrons. The molecule has 2 N–H and O–H groups in total. The van der Waals surface area contributed by atoms with Gasteiger partial charge in [-0.05, 0) is 50.9 Å². The Hall–Kier alpha value is -0.630. The summed E-state index contributed by atoms with van der Waals surface area (Å²) < 4.78 is 0. The summed E-state index contributed by atoms with van der Waals surface area (Å²) in [5.41, 5.74) is 5.73. The second-order valence-electron chi connectivity index (χ2n) is 5.98. The van der Waals surface area contributed by atoms with Crippen LogP contribution in [0.5, 0.6) is 0 Å². The molecule has 0 aromatic heterocycles. The number of carbonyl (C=O) groups excluding carboxylic acids is 1. The van der Waals surface area contributed by atoms with E-state index in [1.54, 1.807) is 0 Å². The van der Waals surface area contributed by atoms with Crippen LogP contribution in [0.3, 0.4) is 0 Å². The standard InChI is InChI=1S/C16H29NO/c1-3-4-5-6-7-8-15(18)16(13-17)11-9-14(2)10-12-16/h3,14H,1,4-13,17H2,2H3. The zero-order valence-corrected chi connectivity index (χ0v) is 11.9. The number of ketones is 1. The van der Waals surface area contributed by atoms with Gasteiger partial charge in [-0.1, -0.05) is 19.4 Å². The molecule has 2 heteroatoms. The zero-order chi connectivity index (χ0) is 13.4. The fourth-order valence-electron chi connectivity index (χ4n) is 2.93. The van der Waals surface area contributed by atoms with Crippen LogP contribution < -0.4 is 5.73 Å². The first-order valence-corrected chi connectivity index (χ1v) is 7.49. The van der Waals surface area contributed by atoms with Crippen LogP contribution in [0.2, 0.25) is 0 Å². The number of rotatable bonds is 8. The van der Waals surface area contributed by atoms with E-state index in [0.29, 0.717) is 12.3 Å². The van der Waals surface area contributed by atoms with Crippen molar-refractivity contribution < 1.29 is 4.79 Å². The Morgan fingerprint density at radius 3 is 2.56 bits per heavy atom. The molecule has 0 spiro atoms. The van der Waals surface area contributed by atoms with Crippen molar-refractivity contribution in [1.82, 2.24) is 0 Å². The van der Waals surface area contributed by atoms with Crippen molar-refractivity contribution in [3.63, 3.8) is 0 Å². The van der Waals surface area contributed by atoms with Crippen molar-refractivity contribution in [3.8, 4) is 0 Å². The summed E-state index contributed by atoms with van der Waals surface area (Å²) in [7, 11) is 0. The molecule has 1 fully saturated rings. The quantitative estimate of drug-likeness (QED) is 0.526. The summed E-state index contributed by atoms with van der Waals surface area (Å²) in [6, 6.07) is 0. The van der Waals surface area contributed by atoms with Crippen molar-refractivity contribution in [3.05, 3.63) is 12.7 Å². The molecule has 1 saturated carbocycles. The number of hydrogen-bond acceptors (Lipinski definition) is 2. The van der Waals surface area contributed by atoms with Gasteiger partial charge in [0.25, 0.3) is 0 Å². The van der Waals surface area contributed by atoms with Gasteiger partial charge in [-0.25, -0.2) is 0 Å². The van der Waals surface area contributed by atoms with E-state index in [4.69, 9.17) is 5.73 Å². The van der Waals surface area contributed by atoms with E-state index in [-0.39, 0.29) is 5.41 Å². The molecule has 1 rings (SSSR count). The molecule has 0 atom stereocenters. The molecule has 0 heterocycles. The lowest BCUT2D eigenvalue weighted by atomic mass is 9.67. The first-order chi connectivity index (χ1) is 8.64. The largest absolute Gasteiger partial charge is 0.329 e. The summed E-state index contributed by atoms with van der Waals surface area (Å²) >= 11 is 0. The second-order valence-corrected chi connectivity index (χ2v) is 5.98. The normalized spacial score (nSPS) is 28.0. The summed E-state index contributed by atoms with van der Waals surface area (Å²) in [6.45, 7) is 6.54. The van der Waals surface area contributed by atoms with Crippen LogP contribution in [0.4, 0.5) is 0 Å². The van der Waals surface area contributed by atoms with E-state index in [9.17, 15) is 4.79 Å². The minimum atomic E-state index is -0.176. The summed E-state index contributed by atoms with van der Waals surface area (Å²) in [5, 5.41) is 0.